The Morgan fingerprint density at radius 1 is 0.677 bits per heavy atom. The Morgan fingerprint density at radius 2 is 1.00 bits per heavy atom. The molecular weight excluding hydrogens is 511 g/mol. The normalized spacial score (nSPS) is 17.2. The fourth-order valence-electron chi connectivity index (χ4n) is 2.26. The number of carbonyl (C=O) groups excluding carboxylic acids is 2. The molecule has 0 bridgehead atoms. The van der Waals surface area contributed by atoms with Gasteiger partial charge in [-0.2, -0.15) is 0 Å². The first-order chi connectivity index (χ1) is 14.5. The van der Waals surface area contributed by atoms with Crippen LogP contribution in [-0.2, 0) is 26.4 Å². The molecule has 0 atom stereocenters. The molecule has 2 N–H and O–H groups in total. The molecule has 0 aliphatic heterocycles. The summed E-state index contributed by atoms with van der Waals surface area (Å²) in [5.41, 5.74) is 1.44. The first kappa shape index (κ1) is 30.3. The molecular formula is C22H30CoN2O2S4. The van der Waals surface area contributed by atoms with Crippen molar-refractivity contribution in [2.24, 2.45) is 0 Å². The van der Waals surface area contributed by atoms with Crippen molar-refractivity contribution in [2.75, 3.05) is 38.1 Å². The Kier molecular flexibility index (Phi) is 18.4. The van der Waals surface area contributed by atoms with Gasteiger partial charge in [0.25, 0.3) is 0 Å². The Hall–Kier alpha value is -0.714. The molecule has 2 aliphatic carbocycles. The zero-order valence-electron chi connectivity index (χ0n) is 18.1. The molecule has 0 heterocycles. The van der Waals surface area contributed by atoms with E-state index in [1.807, 2.05) is 71.4 Å². The topological polar surface area (TPSA) is 58.2 Å². The molecule has 0 spiro atoms. The first-order valence-corrected chi connectivity index (χ1v) is 14.5. The Balaban J connectivity index is 0.000000562. The van der Waals surface area contributed by atoms with Crippen molar-refractivity contribution in [2.45, 2.75) is 9.16 Å². The molecule has 1 radical (unpaired) electrons. The number of nitrogens with one attached hydrogen (secondary N) is 2. The van der Waals surface area contributed by atoms with E-state index in [2.05, 4.69) is 35.7 Å². The predicted molar refractivity (Wildman–Crippen MR) is 140 cm³/mol. The largest absolute Gasteiger partial charge is 0.388 e. The Morgan fingerprint density at radius 3 is 1.29 bits per heavy atom. The standard InChI is InChI=1S/2C11H15NOS2.Co/c2*1-14-11(15-2)8-12-7-9-5-3-4-6-10(9)13;/h2*3-7,11-12H,8H2,1-2H3;/b2*9-7-;. The molecule has 0 aromatic heterocycles. The SMILES string of the molecule is CSC(CN/C=C1/C=CC=CC1=O)SC.CSC(CN/C=C1/C=CC=CC1=O)SC.[Co]. The summed E-state index contributed by atoms with van der Waals surface area (Å²) in [7, 11) is 0. The van der Waals surface area contributed by atoms with Crippen LogP contribution in [0.3, 0.4) is 0 Å². The maximum Gasteiger partial charge on any atom is 0.187 e. The minimum absolute atomic E-state index is 0. The minimum Gasteiger partial charge on any atom is -0.388 e. The smallest absolute Gasteiger partial charge is 0.187 e. The number of hydrogen-bond donors (Lipinski definition) is 2. The van der Waals surface area contributed by atoms with Crippen molar-refractivity contribution in [1.29, 1.82) is 0 Å². The molecule has 0 aromatic carbocycles. The van der Waals surface area contributed by atoms with Gasteiger partial charge in [-0.15, -0.1) is 47.0 Å². The van der Waals surface area contributed by atoms with E-state index in [9.17, 15) is 9.59 Å². The van der Waals surface area contributed by atoms with Crippen LogP contribution in [0.4, 0.5) is 0 Å². The van der Waals surface area contributed by atoms with Crippen LogP contribution in [-0.4, -0.2) is 58.8 Å². The van der Waals surface area contributed by atoms with E-state index in [4.69, 9.17) is 0 Å². The average Bonchev–Trinajstić information content (AvgIpc) is 2.77. The van der Waals surface area contributed by atoms with Gasteiger partial charge in [-0.1, -0.05) is 24.3 Å². The second kappa shape index (κ2) is 18.8. The van der Waals surface area contributed by atoms with Crippen molar-refractivity contribution in [3.8, 4) is 0 Å². The van der Waals surface area contributed by atoms with Crippen molar-refractivity contribution >= 4 is 58.6 Å². The molecule has 0 fully saturated rings. The third-order valence-electron chi connectivity index (χ3n) is 3.97. The van der Waals surface area contributed by atoms with Gasteiger partial charge in [-0.3, -0.25) is 9.59 Å². The Labute approximate surface area is 213 Å². The van der Waals surface area contributed by atoms with Gasteiger partial charge in [0.1, 0.15) is 0 Å². The van der Waals surface area contributed by atoms with Gasteiger partial charge in [0.2, 0.25) is 0 Å². The van der Waals surface area contributed by atoms with Crippen LogP contribution in [0.5, 0.6) is 0 Å². The van der Waals surface area contributed by atoms with Crippen LogP contribution in [0, 0.1) is 0 Å². The molecule has 9 heteroatoms. The summed E-state index contributed by atoms with van der Waals surface area (Å²) in [5.74, 6) is 0.129. The van der Waals surface area contributed by atoms with Gasteiger partial charge in [-0.05, 0) is 49.3 Å². The number of carbonyl (C=O) groups is 2. The first-order valence-electron chi connectivity index (χ1n) is 9.32. The van der Waals surface area contributed by atoms with E-state index in [0.29, 0.717) is 9.16 Å². The van der Waals surface area contributed by atoms with Crippen molar-refractivity contribution in [3.63, 3.8) is 0 Å². The minimum atomic E-state index is 0. The molecule has 4 nitrogen and oxygen atoms in total. The van der Waals surface area contributed by atoms with Crippen molar-refractivity contribution in [3.05, 3.63) is 72.2 Å². The molecule has 0 unspecified atom stereocenters. The zero-order chi connectivity index (χ0) is 22.2. The summed E-state index contributed by atoms with van der Waals surface area (Å²) in [4.78, 5) is 22.7. The fraction of sp³-hybridized carbons (Fsp3) is 0.364. The number of hydrogen-bond acceptors (Lipinski definition) is 8. The van der Waals surface area contributed by atoms with Crippen LogP contribution in [0.1, 0.15) is 0 Å². The van der Waals surface area contributed by atoms with Gasteiger partial charge in [-0.25, -0.2) is 0 Å². The van der Waals surface area contributed by atoms with Gasteiger partial charge in [0, 0.05) is 53.4 Å². The van der Waals surface area contributed by atoms with Crippen LogP contribution < -0.4 is 10.6 Å². The summed E-state index contributed by atoms with van der Waals surface area (Å²) >= 11 is 7.25. The van der Waals surface area contributed by atoms with E-state index in [0.717, 1.165) is 24.2 Å². The zero-order valence-corrected chi connectivity index (χ0v) is 22.4. The summed E-state index contributed by atoms with van der Waals surface area (Å²) in [6.45, 7) is 1.74. The molecule has 2 rings (SSSR count). The van der Waals surface area contributed by atoms with E-state index in [1.54, 1.807) is 36.7 Å². The molecule has 0 saturated carbocycles. The fourth-order valence-corrected chi connectivity index (χ4v) is 4.85. The number of allylic oxidation sites excluding steroid dienone is 10. The molecule has 2 aliphatic rings. The van der Waals surface area contributed by atoms with Crippen LogP contribution in [0.15, 0.2) is 72.2 Å². The summed E-state index contributed by atoms with van der Waals surface area (Å²) in [6, 6.07) is 0. The maximum atomic E-state index is 11.4. The van der Waals surface area contributed by atoms with Gasteiger partial charge in [0.05, 0.1) is 9.16 Å². The second-order valence-electron chi connectivity index (χ2n) is 5.98. The average molecular weight is 542 g/mol. The molecule has 173 valence electrons. The third-order valence-corrected chi connectivity index (χ3v) is 9.05. The maximum absolute atomic E-state index is 11.4. The number of ketones is 2. The van der Waals surface area contributed by atoms with E-state index >= 15 is 0 Å². The van der Waals surface area contributed by atoms with Gasteiger partial charge >= 0.3 is 0 Å². The third kappa shape index (κ3) is 12.8. The van der Waals surface area contributed by atoms with Crippen LogP contribution in [0.2, 0.25) is 0 Å². The van der Waals surface area contributed by atoms with Gasteiger partial charge < -0.3 is 10.6 Å². The monoisotopic (exact) mass is 541 g/mol. The van der Waals surface area contributed by atoms with E-state index in [1.165, 1.54) is 0 Å². The second-order valence-corrected chi connectivity index (χ2v) is 10.7. The molecule has 0 amide bonds. The summed E-state index contributed by atoms with van der Waals surface area (Å²) < 4.78 is 1.06. The molecule has 31 heavy (non-hydrogen) atoms. The van der Waals surface area contributed by atoms with Crippen LogP contribution in [0.25, 0.3) is 0 Å². The summed E-state index contributed by atoms with van der Waals surface area (Å²) in [5, 5.41) is 6.36. The molecule has 0 aromatic rings. The van der Waals surface area contributed by atoms with Crippen LogP contribution >= 0.6 is 47.0 Å². The van der Waals surface area contributed by atoms with Crippen molar-refractivity contribution < 1.29 is 26.4 Å². The van der Waals surface area contributed by atoms with E-state index in [-0.39, 0.29) is 28.3 Å². The Bertz CT molecular complexity index is 676. The molecule has 0 saturated heterocycles. The number of thioether (sulfide) groups is 4. The van der Waals surface area contributed by atoms with Gasteiger partial charge in [0.15, 0.2) is 11.6 Å². The quantitative estimate of drug-likeness (QED) is 0.312. The predicted octanol–water partition coefficient (Wildman–Crippen LogP) is 4.41. The van der Waals surface area contributed by atoms with Crippen molar-refractivity contribution in [1.82, 2.24) is 10.6 Å². The summed E-state index contributed by atoms with van der Waals surface area (Å²) in [6.07, 6.45) is 26.0. The number of rotatable bonds is 10. The van der Waals surface area contributed by atoms with E-state index < -0.39 is 0 Å².